The van der Waals surface area contributed by atoms with Gasteiger partial charge in [0, 0.05) is 36.1 Å². The van der Waals surface area contributed by atoms with Crippen LogP contribution < -0.4 is 10.9 Å². The topological polar surface area (TPSA) is 34.0 Å². The summed E-state index contributed by atoms with van der Waals surface area (Å²) in [6.45, 7) is 0.453. The van der Waals surface area contributed by atoms with Crippen LogP contribution in [0.25, 0.3) is 0 Å². The molecule has 0 aliphatic carbocycles. The molecule has 7 heteroatoms. The average molecular weight is 317 g/mol. The Morgan fingerprint density at radius 3 is 2.38 bits per heavy atom. The minimum atomic E-state index is -4.46. The molecule has 0 bridgehead atoms. The van der Waals surface area contributed by atoms with Crippen LogP contribution >= 0.6 is 11.6 Å². The van der Waals surface area contributed by atoms with Gasteiger partial charge in [0.15, 0.2) is 0 Å². The summed E-state index contributed by atoms with van der Waals surface area (Å²) < 4.78 is 38.8. The number of nitrogens with zero attached hydrogens (tertiary/aromatic N) is 1. The van der Waals surface area contributed by atoms with E-state index in [0.29, 0.717) is 11.6 Å². The molecule has 21 heavy (non-hydrogen) atoms. The fourth-order valence-corrected chi connectivity index (χ4v) is 1.89. The molecule has 0 fully saturated rings. The Bertz CT molecular complexity index is 665. The van der Waals surface area contributed by atoms with Gasteiger partial charge in [0.25, 0.3) is 5.56 Å². The van der Waals surface area contributed by atoms with E-state index in [4.69, 9.17) is 11.6 Å². The van der Waals surface area contributed by atoms with Crippen LogP contribution in [0.4, 0.5) is 18.9 Å². The number of rotatable bonds is 4. The van der Waals surface area contributed by atoms with Crippen molar-refractivity contribution >= 4 is 17.3 Å². The van der Waals surface area contributed by atoms with Crippen LogP contribution in [0.1, 0.15) is 5.56 Å². The zero-order valence-corrected chi connectivity index (χ0v) is 11.6. The van der Waals surface area contributed by atoms with E-state index in [9.17, 15) is 18.0 Å². The molecule has 1 aromatic heterocycles. The van der Waals surface area contributed by atoms with Crippen LogP contribution in [0.5, 0.6) is 0 Å². The molecule has 0 radical (unpaired) electrons. The first-order valence-corrected chi connectivity index (χ1v) is 6.51. The molecule has 0 atom stereocenters. The van der Waals surface area contributed by atoms with E-state index in [-0.39, 0.29) is 6.54 Å². The third kappa shape index (κ3) is 4.26. The highest BCUT2D eigenvalue weighted by Gasteiger charge is 2.30. The van der Waals surface area contributed by atoms with Crippen molar-refractivity contribution in [2.45, 2.75) is 12.7 Å². The number of hydrogen-bond donors (Lipinski definition) is 1. The van der Waals surface area contributed by atoms with Gasteiger partial charge >= 0.3 is 6.18 Å². The van der Waals surface area contributed by atoms with Gasteiger partial charge < -0.3 is 9.88 Å². The van der Waals surface area contributed by atoms with Gasteiger partial charge in [-0.3, -0.25) is 4.79 Å². The first-order valence-electron chi connectivity index (χ1n) is 6.13. The monoisotopic (exact) mass is 316 g/mol. The summed E-state index contributed by atoms with van der Waals surface area (Å²) in [5.41, 5.74) is -0.533. The number of hydrogen-bond acceptors (Lipinski definition) is 2. The van der Waals surface area contributed by atoms with Gasteiger partial charge in [0.1, 0.15) is 0 Å². The molecule has 0 amide bonds. The van der Waals surface area contributed by atoms with Crippen LogP contribution in [0, 0.1) is 0 Å². The van der Waals surface area contributed by atoms with Gasteiger partial charge in [-0.05, 0) is 30.3 Å². The van der Waals surface area contributed by atoms with Gasteiger partial charge in [-0.15, -0.1) is 0 Å². The predicted molar refractivity (Wildman–Crippen MR) is 75.6 cm³/mol. The van der Waals surface area contributed by atoms with E-state index in [1.54, 1.807) is 24.3 Å². The van der Waals surface area contributed by atoms with Gasteiger partial charge in [0.2, 0.25) is 0 Å². The zero-order valence-electron chi connectivity index (χ0n) is 10.8. The Hall–Kier alpha value is -1.95. The van der Waals surface area contributed by atoms with E-state index in [2.05, 4.69) is 5.32 Å². The minimum absolute atomic E-state index is 0.130. The number of alkyl halides is 3. The molecule has 112 valence electrons. The van der Waals surface area contributed by atoms with Crippen LogP contribution in [-0.4, -0.2) is 11.1 Å². The fraction of sp³-hybridized carbons (Fsp3) is 0.214. The highest BCUT2D eigenvalue weighted by molar-refractivity contribution is 6.30. The Morgan fingerprint density at radius 1 is 1.10 bits per heavy atom. The molecule has 3 nitrogen and oxygen atoms in total. The molecule has 2 aromatic rings. The standard InChI is InChI=1S/C14H12ClF3N2O/c15-11-2-4-12(5-3-11)19-7-8-20-9-10(14(16,17)18)1-6-13(20)21/h1-6,9,19H,7-8H2. The fourth-order valence-electron chi connectivity index (χ4n) is 1.76. The van der Waals surface area contributed by atoms with Crippen molar-refractivity contribution in [3.63, 3.8) is 0 Å². The summed E-state index contributed by atoms with van der Waals surface area (Å²) in [4.78, 5) is 11.5. The lowest BCUT2D eigenvalue weighted by Gasteiger charge is -2.11. The first-order chi connectivity index (χ1) is 9.86. The third-order valence-corrected chi connectivity index (χ3v) is 3.09. The third-order valence-electron chi connectivity index (χ3n) is 2.84. The minimum Gasteiger partial charge on any atom is -0.383 e. The van der Waals surface area contributed by atoms with Gasteiger partial charge in [-0.2, -0.15) is 13.2 Å². The zero-order chi connectivity index (χ0) is 15.5. The van der Waals surface area contributed by atoms with Crippen molar-refractivity contribution in [1.82, 2.24) is 4.57 Å². The molecular formula is C14H12ClF3N2O. The Kier molecular flexibility index (Phi) is 4.57. The quantitative estimate of drug-likeness (QED) is 0.934. The van der Waals surface area contributed by atoms with E-state index in [0.717, 1.165) is 28.6 Å². The molecule has 0 unspecified atom stereocenters. The number of aromatic nitrogens is 1. The maximum absolute atomic E-state index is 12.6. The van der Waals surface area contributed by atoms with Crippen LogP contribution in [0.2, 0.25) is 5.02 Å². The molecule has 0 aliphatic rings. The second-order valence-electron chi connectivity index (χ2n) is 4.38. The molecular weight excluding hydrogens is 305 g/mol. The van der Waals surface area contributed by atoms with Gasteiger partial charge in [-0.1, -0.05) is 11.6 Å². The summed E-state index contributed by atoms with van der Waals surface area (Å²) >= 11 is 5.74. The van der Waals surface area contributed by atoms with Crippen molar-refractivity contribution < 1.29 is 13.2 Å². The number of anilines is 1. The van der Waals surface area contributed by atoms with Crippen molar-refractivity contribution in [2.75, 3.05) is 11.9 Å². The number of pyridine rings is 1. The molecule has 2 rings (SSSR count). The van der Waals surface area contributed by atoms with Crippen LogP contribution in [-0.2, 0) is 12.7 Å². The molecule has 1 heterocycles. The molecule has 0 saturated carbocycles. The Balaban J connectivity index is 2.03. The van der Waals surface area contributed by atoms with Crippen molar-refractivity contribution in [3.8, 4) is 0 Å². The van der Waals surface area contributed by atoms with E-state index >= 15 is 0 Å². The lowest BCUT2D eigenvalue weighted by molar-refractivity contribution is -0.138. The maximum Gasteiger partial charge on any atom is 0.417 e. The van der Waals surface area contributed by atoms with E-state index < -0.39 is 17.3 Å². The lowest BCUT2D eigenvalue weighted by atomic mass is 10.2. The summed E-state index contributed by atoms with van der Waals surface area (Å²) in [5, 5.41) is 3.60. The van der Waals surface area contributed by atoms with Crippen LogP contribution in [0.15, 0.2) is 47.4 Å². The second kappa shape index (κ2) is 6.22. The Labute approximate surface area is 124 Å². The van der Waals surface area contributed by atoms with Crippen molar-refractivity contribution in [2.24, 2.45) is 0 Å². The molecule has 1 aromatic carbocycles. The van der Waals surface area contributed by atoms with Crippen LogP contribution in [0.3, 0.4) is 0 Å². The normalized spacial score (nSPS) is 11.4. The van der Waals surface area contributed by atoms with Gasteiger partial charge in [0.05, 0.1) is 5.56 Å². The van der Waals surface area contributed by atoms with E-state index in [1.165, 1.54) is 0 Å². The highest BCUT2D eigenvalue weighted by atomic mass is 35.5. The summed E-state index contributed by atoms with van der Waals surface area (Å²) in [5.74, 6) is 0. The summed E-state index contributed by atoms with van der Waals surface area (Å²) in [6.07, 6.45) is -3.63. The second-order valence-corrected chi connectivity index (χ2v) is 4.82. The largest absolute Gasteiger partial charge is 0.417 e. The maximum atomic E-state index is 12.6. The average Bonchev–Trinajstić information content (AvgIpc) is 2.42. The highest BCUT2D eigenvalue weighted by Crippen LogP contribution is 2.27. The van der Waals surface area contributed by atoms with Crippen molar-refractivity contribution in [3.05, 3.63) is 63.5 Å². The summed E-state index contributed by atoms with van der Waals surface area (Å²) in [7, 11) is 0. The molecule has 1 N–H and O–H groups in total. The SMILES string of the molecule is O=c1ccc(C(F)(F)F)cn1CCNc1ccc(Cl)cc1. The lowest BCUT2D eigenvalue weighted by Crippen LogP contribution is -2.24. The number of nitrogens with one attached hydrogen (secondary N) is 1. The predicted octanol–water partition coefficient (Wildman–Crippen LogP) is 3.63. The Morgan fingerprint density at radius 2 is 1.76 bits per heavy atom. The first kappa shape index (κ1) is 15.4. The molecule has 0 saturated heterocycles. The van der Waals surface area contributed by atoms with Crippen molar-refractivity contribution in [1.29, 1.82) is 0 Å². The molecule has 0 aliphatic heterocycles. The van der Waals surface area contributed by atoms with E-state index in [1.807, 2.05) is 0 Å². The number of benzene rings is 1. The number of halogens is 4. The summed E-state index contributed by atoms with van der Waals surface area (Å²) in [6, 6.07) is 8.59. The smallest absolute Gasteiger partial charge is 0.383 e. The van der Waals surface area contributed by atoms with Gasteiger partial charge in [-0.25, -0.2) is 0 Å². The molecule has 0 spiro atoms.